The van der Waals surface area contributed by atoms with Gasteiger partial charge in [-0.2, -0.15) is 0 Å². The van der Waals surface area contributed by atoms with Crippen molar-refractivity contribution in [1.82, 2.24) is 4.90 Å². The van der Waals surface area contributed by atoms with Gasteiger partial charge in [-0.3, -0.25) is 4.79 Å². The Morgan fingerprint density at radius 3 is 2.47 bits per heavy atom. The molecule has 1 rings (SSSR count). The van der Waals surface area contributed by atoms with Gasteiger partial charge in [-0.25, -0.2) is 0 Å². The van der Waals surface area contributed by atoms with Gasteiger partial charge in [-0.05, 0) is 25.2 Å². The van der Waals surface area contributed by atoms with E-state index in [2.05, 4.69) is 13.8 Å². The predicted molar refractivity (Wildman–Crippen MR) is 59.4 cm³/mol. The van der Waals surface area contributed by atoms with E-state index in [0.29, 0.717) is 5.41 Å². The Morgan fingerprint density at radius 2 is 2.13 bits per heavy atom. The Bertz CT molecular complexity index is 235. The third-order valence-corrected chi connectivity index (χ3v) is 3.75. The molecule has 88 valence electrons. The topological polar surface area (TPSA) is 55.6 Å². The molecule has 2 atom stereocenters. The van der Waals surface area contributed by atoms with E-state index in [1.165, 1.54) is 20.0 Å². The van der Waals surface area contributed by atoms with Crippen LogP contribution in [0.4, 0.5) is 0 Å². The lowest BCUT2D eigenvalue weighted by molar-refractivity contribution is -0.143. The van der Waals surface area contributed by atoms with Crippen LogP contribution >= 0.6 is 0 Å². The van der Waals surface area contributed by atoms with Crippen LogP contribution in [0.3, 0.4) is 0 Å². The Morgan fingerprint density at radius 1 is 1.60 bits per heavy atom. The van der Waals surface area contributed by atoms with Gasteiger partial charge >= 0.3 is 0 Å². The smallest absolute Gasteiger partial charge is 0.253 e. The number of carbonyl (C=O) groups excluding carboxylic acids is 1. The van der Waals surface area contributed by atoms with Crippen LogP contribution in [0.5, 0.6) is 0 Å². The largest absolute Gasteiger partial charge is 0.370 e. The van der Waals surface area contributed by atoms with Crippen molar-refractivity contribution in [3.8, 4) is 0 Å². The molecular formula is C11H22N2O2. The summed E-state index contributed by atoms with van der Waals surface area (Å²) in [5, 5.41) is 0. The van der Waals surface area contributed by atoms with Crippen molar-refractivity contribution in [1.29, 1.82) is 0 Å². The number of hydrogen-bond donors (Lipinski definition) is 1. The first kappa shape index (κ1) is 12.5. The molecule has 1 fully saturated rings. The fourth-order valence-corrected chi connectivity index (χ4v) is 1.80. The molecule has 2 unspecified atom stereocenters. The summed E-state index contributed by atoms with van der Waals surface area (Å²) in [7, 11) is 3.35. The van der Waals surface area contributed by atoms with Crippen LogP contribution in [0, 0.1) is 5.41 Å². The van der Waals surface area contributed by atoms with Crippen LogP contribution in [0.1, 0.15) is 26.7 Å². The monoisotopic (exact) mass is 214 g/mol. The van der Waals surface area contributed by atoms with Crippen molar-refractivity contribution in [3.05, 3.63) is 0 Å². The normalized spacial score (nSPS) is 21.9. The highest BCUT2D eigenvalue weighted by Gasteiger charge is 2.45. The minimum absolute atomic E-state index is 0.0133. The third kappa shape index (κ3) is 2.49. The van der Waals surface area contributed by atoms with Gasteiger partial charge < -0.3 is 15.4 Å². The van der Waals surface area contributed by atoms with Crippen LogP contribution in [-0.2, 0) is 9.53 Å². The molecule has 4 heteroatoms. The van der Waals surface area contributed by atoms with Gasteiger partial charge in [0.1, 0.15) is 6.10 Å². The maximum Gasteiger partial charge on any atom is 0.253 e. The van der Waals surface area contributed by atoms with Gasteiger partial charge in [0.15, 0.2) is 0 Å². The summed E-state index contributed by atoms with van der Waals surface area (Å²) in [4.78, 5) is 13.7. The average molecular weight is 214 g/mol. The number of likely N-dealkylation sites (N-methyl/N-ethyl adjacent to an activating group) is 1. The molecule has 1 aliphatic rings. The molecule has 0 saturated heterocycles. The van der Waals surface area contributed by atoms with Crippen molar-refractivity contribution < 1.29 is 9.53 Å². The van der Waals surface area contributed by atoms with Gasteiger partial charge in [0.2, 0.25) is 0 Å². The summed E-state index contributed by atoms with van der Waals surface area (Å²) in [6, 6.07) is 0.259. The molecular weight excluding hydrogens is 192 g/mol. The van der Waals surface area contributed by atoms with E-state index in [-0.39, 0.29) is 18.5 Å². The lowest BCUT2D eigenvalue weighted by Crippen LogP contribution is -2.47. The van der Waals surface area contributed by atoms with E-state index >= 15 is 0 Å². The number of methoxy groups -OCH3 is 1. The zero-order valence-electron chi connectivity index (χ0n) is 10.1. The molecule has 4 nitrogen and oxygen atoms in total. The zero-order valence-corrected chi connectivity index (χ0v) is 10.1. The number of ether oxygens (including phenoxy) is 1. The van der Waals surface area contributed by atoms with Crippen molar-refractivity contribution >= 4 is 5.91 Å². The molecule has 0 heterocycles. The highest BCUT2D eigenvalue weighted by molar-refractivity contribution is 5.81. The van der Waals surface area contributed by atoms with Crippen LogP contribution in [0.15, 0.2) is 0 Å². The third-order valence-electron chi connectivity index (χ3n) is 3.75. The Hall–Kier alpha value is -0.610. The van der Waals surface area contributed by atoms with Gasteiger partial charge in [-0.1, -0.05) is 6.92 Å². The average Bonchev–Trinajstić information content (AvgIpc) is 2.97. The summed E-state index contributed by atoms with van der Waals surface area (Å²) < 4.78 is 5.05. The van der Waals surface area contributed by atoms with Crippen molar-refractivity contribution in [2.24, 2.45) is 11.1 Å². The molecule has 0 radical (unpaired) electrons. The summed E-state index contributed by atoms with van der Waals surface area (Å²) >= 11 is 0. The molecule has 1 aliphatic carbocycles. The molecule has 1 amide bonds. The summed E-state index contributed by atoms with van der Waals surface area (Å²) in [6.07, 6.45) is 1.90. The molecule has 0 aromatic carbocycles. The second-order valence-corrected chi connectivity index (χ2v) is 4.74. The quantitative estimate of drug-likeness (QED) is 0.729. The molecule has 0 aromatic rings. The number of rotatable bonds is 5. The number of nitrogens with two attached hydrogens (primary N) is 1. The highest BCUT2D eigenvalue weighted by atomic mass is 16.5. The maximum atomic E-state index is 11.9. The fraction of sp³-hybridized carbons (Fsp3) is 0.909. The first-order valence-corrected chi connectivity index (χ1v) is 5.46. The fourth-order valence-electron chi connectivity index (χ4n) is 1.80. The van der Waals surface area contributed by atoms with Crippen LogP contribution < -0.4 is 5.73 Å². The van der Waals surface area contributed by atoms with E-state index in [9.17, 15) is 4.79 Å². The maximum absolute atomic E-state index is 11.9. The van der Waals surface area contributed by atoms with E-state index in [1.54, 1.807) is 4.90 Å². The van der Waals surface area contributed by atoms with E-state index < -0.39 is 6.10 Å². The summed E-state index contributed by atoms with van der Waals surface area (Å²) in [6.45, 7) is 4.54. The summed E-state index contributed by atoms with van der Waals surface area (Å²) in [5.41, 5.74) is 5.78. The molecule has 0 bridgehead atoms. The van der Waals surface area contributed by atoms with Gasteiger partial charge in [-0.15, -0.1) is 0 Å². The Balaban J connectivity index is 2.58. The second kappa shape index (κ2) is 4.49. The number of amides is 1. The van der Waals surface area contributed by atoms with Crippen molar-refractivity contribution in [2.45, 2.75) is 38.8 Å². The first-order chi connectivity index (χ1) is 6.96. The molecule has 0 aliphatic heterocycles. The second-order valence-electron chi connectivity index (χ2n) is 4.74. The Labute approximate surface area is 91.8 Å². The van der Waals surface area contributed by atoms with E-state index in [4.69, 9.17) is 10.5 Å². The minimum atomic E-state index is -0.500. The van der Waals surface area contributed by atoms with Crippen LogP contribution in [0.25, 0.3) is 0 Å². The standard InChI is InChI=1S/C11H22N2O2/c1-8(11(2)5-6-11)13(3)10(14)9(7-12)15-4/h8-9H,5-7,12H2,1-4H3. The first-order valence-electron chi connectivity index (χ1n) is 5.46. The molecule has 2 N–H and O–H groups in total. The number of nitrogens with zero attached hydrogens (tertiary/aromatic N) is 1. The zero-order chi connectivity index (χ0) is 11.6. The van der Waals surface area contributed by atoms with Crippen molar-refractivity contribution in [3.63, 3.8) is 0 Å². The predicted octanol–water partition coefficient (Wildman–Crippen LogP) is 0.607. The van der Waals surface area contributed by atoms with Crippen molar-refractivity contribution in [2.75, 3.05) is 20.7 Å². The highest BCUT2D eigenvalue weighted by Crippen LogP contribution is 2.49. The molecule has 15 heavy (non-hydrogen) atoms. The van der Waals surface area contributed by atoms with E-state index in [1.807, 2.05) is 7.05 Å². The Kier molecular flexibility index (Phi) is 3.73. The number of hydrogen-bond acceptors (Lipinski definition) is 3. The number of carbonyl (C=O) groups is 1. The lowest BCUT2D eigenvalue weighted by Gasteiger charge is -2.32. The van der Waals surface area contributed by atoms with Gasteiger partial charge in [0.25, 0.3) is 5.91 Å². The molecule has 0 spiro atoms. The van der Waals surface area contributed by atoms with Crippen LogP contribution in [0.2, 0.25) is 0 Å². The van der Waals surface area contributed by atoms with Gasteiger partial charge in [0, 0.05) is 26.7 Å². The minimum Gasteiger partial charge on any atom is -0.370 e. The summed E-state index contributed by atoms with van der Waals surface area (Å²) in [5.74, 6) is -0.0133. The van der Waals surface area contributed by atoms with E-state index in [0.717, 1.165) is 0 Å². The molecule has 0 aromatic heterocycles. The lowest BCUT2D eigenvalue weighted by atomic mass is 9.99. The van der Waals surface area contributed by atoms with Crippen LogP contribution in [-0.4, -0.2) is 43.7 Å². The SMILES string of the molecule is COC(CN)C(=O)N(C)C(C)C1(C)CC1. The van der Waals surface area contributed by atoms with Gasteiger partial charge in [0.05, 0.1) is 0 Å². The molecule has 1 saturated carbocycles.